The zero-order chi connectivity index (χ0) is 21.2. The van der Waals surface area contributed by atoms with Crippen LogP contribution in [0.25, 0.3) is 0 Å². The summed E-state index contributed by atoms with van der Waals surface area (Å²) in [5, 5.41) is 1.23. The molecule has 0 bridgehead atoms. The van der Waals surface area contributed by atoms with E-state index in [1.54, 1.807) is 48.4 Å². The third-order valence-electron chi connectivity index (χ3n) is 4.63. The molecule has 2 aromatic heterocycles. The number of benzene rings is 1. The van der Waals surface area contributed by atoms with Crippen molar-refractivity contribution < 1.29 is 22.4 Å². The van der Waals surface area contributed by atoms with Crippen LogP contribution in [-0.4, -0.2) is 17.4 Å². The minimum absolute atomic E-state index is 0.0903. The SMILES string of the molecule is CC(CN(c1ccc(C(C)C(N)=O)cc1)c1nc(C(F)(F)F)cs1)c1ccco1. The lowest BCUT2D eigenvalue weighted by atomic mass is 10.00. The number of furan rings is 1. The van der Waals surface area contributed by atoms with Crippen LogP contribution in [0.3, 0.4) is 0 Å². The minimum atomic E-state index is -4.51. The molecule has 0 fully saturated rings. The molecular weight excluding hydrogens is 403 g/mol. The minimum Gasteiger partial charge on any atom is -0.469 e. The van der Waals surface area contributed by atoms with Crippen molar-refractivity contribution in [2.75, 3.05) is 11.4 Å². The quantitative estimate of drug-likeness (QED) is 0.561. The average Bonchev–Trinajstić information content (AvgIpc) is 3.37. The number of aromatic nitrogens is 1. The monoisotopic (exact) mass is 423 g/mol. The van der Waals surface area contributed by atoms with Gasteiger partial charge < -0.3 is 15.1 Å². The summed E-state index contributed by atoms with van der Waals surface area (Å²) in [6, 6.07) is 10.6. The van der Waals surface area contributed by atoms with E-state index in [1.165, 1.54) is 0 Å². The first-order chi connectivity index (χ1) is 13.7. The van der Waals surface area contributed by atoms with E-state index < -0.39 is 23.7 Å². The van der Waals surface area contributed by atoms with Crippen LogP contribution in [0.4, 0.5) is 24.0 Å². The summed E-state index contributed by atoms with van der Waals surface area (Å²) in [6.45, 7) is 3.99. The molecule has 0 saturated heterocycles. The number of nitrogens with two attached hydrogens (primary N) is 1. The molecule has 0 saturated carbocycles. The number of rotatable bonds is 7. The maximum absolute atomic E-state index is 13.0. The van der Waals surface area contributed by atoms with Crippen molar-refractivity contribution in [1.82, 2.24) is 4.98 Å². The second-order valence-corrected chi connectivity index (χ2v) is 7.59. The number of hydrogen-bond donors (Lipinski definition) is 1. The smallest absolute Gasteiger partial charge is 0.434 e. The second-order valence-electron chi connectivity index (χ2n) is 6.76. The van der Waals surface area contributed by atoms with E-state index in [0.717, 1.165) is 28.0 Å². The lowest BCUT2D eigenvalue weighted by molar-refractivity contribution is -0.140. The number of anilines is 2. The summed E-state index contributed by atoms with van der Waals surface area (Å²) in [4.78, 5) is 16.9. The number of nitrogens with zero attached hydrogens (tertiary/aromatic N) is 2. The summed E-state index contributed by atoms with van der Waals surface area (Å²) < 4.78 is 44.5. The molecular formula is C20H20F3N3O2S. The molecule has 29 heavy (non-hydrogen) atoms. The summed E-state index contributed by atoms with van der Waals surface area (Å²) in [7, 11) is 0. The Morgan fingerprint density at radius 1 is 1.24 bits per heavy atom. The zero-order valence-electron chi connectivity index (χ0n) is 15.8. The molecule has 2 heterocycles. The van der Waals surface area contributed by atoms with Crippen LogP contribution in [0.1, 0.15) is 42.7 Å². The van der Waals surface area contributed by atoms with Gasteiger partial charge in [0.2, 0.25) is 5.91 Å². The Morgan fingerprint density at radius 3 is 2.45 bits per heavy atom. The van der Waals surface area contributed by atoms with E-state index in [4.69, 9.17) is 10.2 Å². The van der Waals surface area contributed by atoms with Gasteiger partial charge in [0.15, 0.2) is 10.8 Å². The van der Waals surface area contributed by atoms with Crippen molar-refractivity contribution in [3.05, 3.63) is 65.1 Å². The molecule has 2 unspecified atom stereocenters. The van der Waals surface area contributed by atoms with Crippen LogP contribution in [-0.2, 0) is 11.0 Å². The summed E-state index contributed by atoms with van der Waals surface area (Å²) in [6.07, 6.45) is -2.95. The third kappa shape index (κ3) is 4.79. The first-order valence-electron chi connectivity index (χ1n) is 8.89. The normalized spacial score (nSPS) is 13.8. The largest absolute Gasteiger partial charge is 0.469 e. The highest BCUT2D eigenvalue weighted by Gasteiger charge is 2.34. The molecule has 0 radical (unpaired) electrons. The van der Waals surface area contributed by atoms with Gasteiger partial charge >= 0.3 is 6.18 Å². The first-order valence-corrected chi connectivity index (χ1v) is 9.77. The Morgan fingerprint density at radius 2 is 1.93 bits per heavy atom. The fourth-order valence-electron chi connectivity index (χ4n) is 2.86. The predicted molar refractivity (Wildman–Crippen MR) is 105 cm³/mol. The molecule has 0 aliphatic heterocycles. The highest BCUT2D eigenvalue weighted by atomic mass is 32.1. The number of carbonyl (C=O) groups is 1. The Bertz CT molecular complexity index is 952. The van der Waals surface area contributed by atoms with Gasteiger partial charge in [0.05, 0.1) is 12.2 Å². The van der Waals surface area contributed by atoms with Gasteiger partial charge in [-0.05, 0) is 36.8 Å². The summed E-state index contributed by atoms with van der Waals surface area (Å²) in [5.74, 6) is -0.277. The maximum Gasteiger partial charge on any atom is 0.434 e. The molecule has 0 aliphatic carbocycles. The van der Waals surface area contributed by atoms with Crippen LogP contribution in [0.5, 0.6) is 0 Å². The van der Waals surface area contributed by atoms with E-state index in [-0.39, 0.29) is 11.0 Å². The first kappa shape index (κ1) is 20.9. The zero-order valence-corrected chi connectivity index (χ0v) is 16.6. The molecule has 0 spiro atoms. The molecule has 5 nitrogen and oxygen atoms in total. The standard InChI is InChI=1S/C20H20F3N3O2S/c1-12(16-4-3-9-28-16)10-26(19-25-17(11-29-19)20(21,22)23)15-7-5-14(6-8-15)13(2)18(24)27/h3-9,11-13H,10H2,1-2H3,(H2,24,27). The Balaban J connectivity index is 1.94. The van der Waals surface area contributed by atoms with E-state index in [9.17, 15) is 18.0 Å². The average molecular weight is 423 g/mol. The van der Waals surface area contributed by atoms with Gasteiger partial charge in [0, 0.05) is 23.5 Å². The van der Waals surface area contributed by atoms with Crippen molar-refractivity contribution in [3.8, 4) is 0 Å². The molecule has 9 heteroatoms. The van der Waals surface area contributed by atoms with Crippen LogP contribution in [0.2, 0.25) is 0 Å². The van der Waals surface area contributed by atoms with Gasteiger partial charge in [-0.2, -0.15) is 13.2 Å². The van der Waals surface area contributed by atoms with Crippen molar-refractivity contribution in [2.24, 2.45) is 5.73 Å². The van der Waals surface area contributed by atoms with Crippen molar-refractivity contribution in [2.45, 2.75) is 31.9 Å². The lowest BCUT2D eigenvalue weighted by Crippen LogP contribution is -2.23. The predicted octanol–water partition coefficient (Wildman–Crippen LogP) is 5.29. The van der Waals surface area contributed by atoms with Gasteiger partial charge in [-0.15, -0.1) is 11.3 Å². The molecule has 2 N–H and O–H groups in total. The number of amides is 1. The molecule has 154 valence electrons. The summed E-state index contributed by atoms with van der Waals surface area (Å²) >= 11 is 0.924. The molecule has 1 aromatic carbocycles. The van der Waals surface area contributed by atoms with Crippen molar-refractivity contribution >= 4 is 28.1 Å². The highest BCUT2D eigenvalue weighted by Crippen LogP contribution is 2.37. The van der Waals surface area contributed by atoms with E-state index in [1.807, 2.05) is 13.0 Å². The third-order valence-corrected chi connectivity index (χ3v) is 5.49. The van der Waals surface area contributed by atoms with Crippen LogP contribution in [0, 0.1) is 0 Å². The lowest BCUT2D eigenvalue weighted by Gasteiger charge is -2.25. The number of carbonyl (C=O) groups excluding carboxylic acids is 1. The van der Waals surface area contributed by atoms with Crippen LogP contribution >= 0.6 is 11.3 Å². The maximum atomic E-state index is 13.0. The molecule has 3 rings (SSSR count). The molecule has 2 atom stereocenters. The number of primary amides is 1. The molecule has 0 aliphatic rings. The highest BCUT2D eigenvalue weighted by molar-refractivity contribution is 7.13. The Labute approximate surface area is 170 Å². The van der Waals surface area contributed by atoms with E-state index in [0.29, 0.717) is 12.2 Å². The van der Waals surface area contributed by atoms with Gasteiger partial charge in [-0.3, -0.25) is 4.79 Å². The second kappa shape index (κ2) is 8.28. The van der Waals surface area contributed by atoms with Crippen molar-refractivity contribution in [3.63, 3.8) is 0 Å². The number of halogens is 3. The summed E-state index contributed by atoms with van der Waals surface area (Å²) in [5.41, 5.74) is 5.81. The van der Waals surface area contributed by atoms with Crippen LogP contribution < -0.4 is 10.6 Å². The number of hydrogen-bond acceptors (Lipinski definition) is 5. The molecule has 3 aromatic rings. The van der Waals surface area contributed by atoms with Gasteiger partial charge in [0.25, 0.3) is 0 Å². The van der Waals surface area contributed by atoms with Crippen molar-refractivity contribution in [1.29, 1.82) is 0 Å². The van der Waals surface area contributed by atoms with Gasteiger partial charge in [0.1, 0.15) is 5.76 Å². The van der Waals surface area contributed by atoms with E-state index >= 15 is 0 Å². The Hall–Kier alpha value is -2.81. The Kier molecular flexibility index (Phi) is 5.97. The molecule has 1 amide bonds. The van der Waals surface area contributed by atoms with Gasteiger partial charge in [-0.25, -0.2) is 4.98 Å². The number of thiazole rings is 1. The van der Waals surface area contributed by atoms with E-state index in [2.05, 4.69) is 4.98 Å². The van der Waals surface area contributed by atoms with Gasteiger partial charge in [-0.1, -0.05) is 19.1 Å². The van der Waals surface area contributed by atoms with Crippen LogP contribution in [0.15, 0.2) is 52.5 Å². The number of alkyl halides is 3. The fourth-order valence-corrected chi connectivity index (χ4v) is 3.72. The topological polar surface area (TPSA) is 72.4 Å². The fraction of sp³-hybridized carbons (Fsp3) is 0.300.